The fourth-order valence-corrected chi connectivity index (χ4v) is 5.48. The molecule has 0 bridgehead atoms. The number of rotatable bonds is 10. The first-order chi connectivity index (χ1) is 20.6. The van der Waals surface area contributed by atoms with E-state index < -0.39 is 0 Å². The number of ether oxygens (including phenoxy) is 3. The van der Waals surface area contributed by atoms with Crippen LogP contribution in [0.15, 0.2) is 97.1 Å². The summed E-state index contributed by atoms with van der Waals surface area (Å²) in [5.41, 5.74) is 5.98. The molecule has 1 amide bonds. The molecule has 1 aromatic heterocycles. The molecule has 1 aliphatic heterocycles. The van der Waals surface area contributed by atoms with E-state index in [-0.39, 0.29) is 11.9 Å². The number of carbonyl (C=O) groups is 1. The SMILES string of the molecule is COc1ccc(CCN2C(=O)c3[nH]nc(-c4ccc(Cl)cc4)c3C2c2ccc(OCc3ccccc3)c(OC)c2)cc1. The van der Waals surface area contributed by atoms with Gasteiger partial charge in [0.05, 0.1) is 26.0 Å². The summed E-state index contributed by atoms with van der Waals surface area (Å²) >= 11 is 6.17. The summed E-state index contributed by atoms with van der Waals surface area (Å²) in [6.45, 7) is 0.923. The van der Waals surface area contributed by atoms with Crippen LogP contribution in [0, 0.1) is 0 Å². The van der Waals surface area contributed by atoms with Crippen molar-refractivity contribution in [3.8, 4) is 28.5 Å². The van der Waals surface area contributed by atoms with Gasteiger partial charge in [0.15, 0.2) is 11.5 Å². The number of aromatic nitrogens is 2. The van der Waals surface area contributed by atoms with Crippen molar-refractivity contribution in [1.29, 1.82) is 0 Å². The first-order valence-electron chi connectivity index (χ1n) is 13.7. The minimum atomic E-state index is -0.382. The van der Waals surface area contributed by atoms with Gasteiger partial charge in [0.1, 0.15) is 18.1 Å². The topological polar surface area (TPSA) is 76.7 Å². The molecule has 0 aliphatic carbocycles. The van der Waals surface area contributed by atoms with E-state index in [2.05, 4.69) is 10.2 Å². The Hall–Kier alpha value is -4.75. The number of nitrogens with one attached hydrogen (secondary N) is 1. The first kappa shape index (κ1) is 27.4. The molecule has 6 rings (SSSR count). The van der Waals surface area contributed by atoms with E-state index >= 15 is 0 Å². The highest BCUT2D eigenvalue weighted by atomic mass is 35.5. The van der Waals surface area contributed by atoms with Gasteiger partial charge >= 0.3 is 0 Å². The fraction of sp³-hybridized carbons (Fsp3) is 0.176. The molecule has 7 nitrogen and oxygen atoms in total. The average Bonchev–Trinajstić information content (AvgIpc) is 3.58. The lowest BCUT2D eigenvalue weighted by atomic mass is 9.95. The zero-order valence-corrected chi connectivity index (χ0v) is 24.1. The monoisotopic (exact) mass is 579 g/mol. The van der Waals surface area contributed by atoms with Crippen LogP contribution in [-0.2, 0) is 13.0 Å². The Morgan fingerprint density at radius 2 is 1.62 bits per heavy atom. The first-order valence-corrected chi connectivity index (χ1v) is 14.1. The van der Waals surface area contributed by atoms with Crippen molar-refractivity contribution >= 4 is 17.5 Å². The van der Waals surface area contributed by atoms with Gasteiger partial charge in [-0.1, -0.05) is 72.3 Å². The predicted molar refractivity (Wildman–Crippen MR) is 162 cm³/mol. The maximum absolute atomic E-state index is 13.8. The summed E-state index contributed by atoms with van der Waals surface area (Å²) in [6.07, 6.45) is 0.676. The predicted octanol–water partition coefficient (Wildman–Crippen LogP) is 7.11. The van der Waals surface area contributed by atoms with Gasteiger partial charge in [0.2, 0.25) is 0 Å². The number of carbonyl (C=O) groups excluding carboxylic acids is 1. The van der Waals surface area contributed by atoms with Crippen molar-refractivity contribution in [2.75, 3.05) is 20.8 Å². The van der Waals surface area contributed by atoms with E-state index in [1.807, 2.05) is 102 Å². The third kappa shape index (κ3) is 5.43. The summed E-state index contributed by atoms with van der Waals surface area (Å²) in [5.74, 6) is 1.92. The molecule has 42 heavy (non-hydrogen) atoms. The zero-order chi connectivity index (χ0) is 29.1. The van der Waals surface area contributed by atoms with Gasteiger partial charge in [0.25, 0.3) is 5.91 Å². The summed E-state index contributed by atoms with van der Waals surface area (Å²) in [6, 6.07) is 30.9. The Bertz CT molecular complexity index is 1680. The minimum absolute atomic E-state index is 0.0976. The standard InChI is InChI=1S/C34H30ClN3O4/c1-40-27-15-8-22(9-16-27)18-19-38-33(30-31(36-37-32(30)34(38)39)24-10-13-26(35)14-11-24)25-12-17-28(29(20-25)41-2)42-21-23-6-4-3-5-7-23/h3-17,20,33H,18-19,21H2,1-2H3,(H,36,37). The third-order valence-electron chi connectivity index (χ3n) is 7.52. The molecule has 1 unspecified atom stereocenters. The number of H-pyrrole nitrogens is 1. The summed E-state index contributed by atoms with van der Waals surface area (Å²) in [5, 5.41) is 8.23. The number of hydrogen-bond acceptors (Lipinski definition) is 5. The maximum atomic E-state index is 13.8. The number of hydrogen-bond donors (Lipinski definition) is 1. The molecular formula is C34H30ClN3O4. The van der Waals surface area contributed by atoms with E-state index in [0.29, 0.717) is 41.8 Å². The maximum Gasteiger partial charge on any atom is 0.273 e. The van der Waals surface area contributed by atoms with E-state index in [1.165, 1.54) is 0 Å². The second-order valence-corrected chi connectivity index (χ2v) is 10.5. The lowest BCUT2D eigenvalue weighted by molar-refractivity contribution is 0.0745. The molecule has 1 atom stereocenters. The van der Waals surface area contributed by atoms with Crippen LogP contribution in [0.4, 0.5) is 0 Å². The molecule has 4 aromatic carbocycles. The Labute approximate surface area is 249 Å². The molecule has 5 aromatic rings. The molecule has 1 aliphatic rings. The highest BCUT2D eigenvalue weighted by molar-refractivity contribution is 6.30. The van der Waals surface area contributed by atoms with Crippen molar-refractivity contribution in [1.82, 2.24) is 15.1 Å². The van der Waals surface area contributed by atoms with Gasteiger partial charge in [0, 0.05) is 22.7 Å². The smallest absolute Gasteiger partial charge is 0.273 e. The summed E-state index contributed by atoms with van der Waals surface area (Å²) in [7, 11) is 3.27. The highest BCUT2D eigenvalue weighted by Crippen LogP contribution is 2.44. The Balaban J connectivity index is 1.36. The molecule has 0 spiro atoms. The van der Waals surface area contributed by atoms with E-state index in [0.717, 1.165) is 39.3 Å². The number of methoxy groups -OCH3 is 2. The number of aromatic amines is 1. The van der Waals surface area contributed by atoms with E-state index in [4.69, 9.17) is 25.8 Å². The zero-order valence-electron chi connectivity index (χ0n) is 23.3. The Morgan fingerprint density at radius 1 is 0.857 bits per heavy atom. The van der Waals surface area contributed by atoms with E-state index in [9.17, 15) is 4.79 Å². The van der Waals surface area contributed by atoms with Crippen molar-refractivity contribution in [3.05, 3.63) is 130 Å². The quantitative estimate of drug-likeness (QED) is 0.191. The number of amides is 1. The van der Waals surface area contributed by atoms with Gasteiger partial charge in [-0.05, 0) is 59.5 Å². The molecular weight excluding hydrogens is 550 g/mol. The largest absolute Gasteiger partial charge is 0.497 e. The molecule has 0 saturated heterocycles. The molecule has 1 N–H and O–H groups in total. The van der Waals surface area contributed by atoms with Crippen molar-refractivity contribution in [3.63, 3.8) is 0 Å². The average molecular weight is 580 g/mol. The molecule has 8 heteroatoms. The lowest BCUT2D eigenvalue weighted by Gasteiger charge is -2.27. The van der Waals surface area contributed by atoms with Crippen molar-refractivity contribution in [2.45, 2.75) is 19.1 Å². The lowest BCUT2D eigenvalue weighted by Crippen LogP contribution is -2.31. The van der Waals surface area contributed by atoms with Crippen LogP contribution >= 0.6 is 11.6 Å². The van der Waals surface area contributed by atoms with Crippen LogP contribution in [0.2, 0.25) is 5.02 Å². The van der Waals surface area contributed by atoms with Crippen LogP contribution in [-0.4, -0.2) is 41.8 Å². The van der Waals surface area contributed by atoms with Crippen LogP contribution in [0.3, 0.4) is 0 Å². The molecule has 0 radical (unpaired) electrons. The Morgan fingerprint density at radius 3 is 2.33 bits per heavy atom. The molecule has 212 valence electrons. The van der Waals surface area contributed by atoms with Crippen molar-refractivity contribution < 1.29 is 19.0 Å². The summed E-state index contributed by atoms with van der Waals surface area (Å²) < 4.78 is 17.2. The molecule has 2 heterocycles. The number of benzene rings is 4. The Kier molecular flexibility index (Phi) is 7.84. The van der Waals surface area contributed by atoms with Gasteiger partial charge in [-0.2, -0.15) is 5.10 Å². The van der Waals surface area contributed by atoms with Crippen molar-refractivity contribution in [2.24, 2.45) is 0 Å². The van der Waals surface area contributed by atoms with Crippen LogP contribution in [0.25, 0.3) is 11.3 Å². The second kappa shape index (κ2) is 12.0. The van der Waals surface area contributed by atoms with Crippen LogP contribution in [0.5, 0.6) is 17.2 Å². The number of fused-ring (bicyclic) bond motifs is 1. The normalized spacial score (nSPS) is 14.1. The van der Waals surface area contributed by atoms with Crippen LogP contribution in [0.1, 0.15) is 38.8 Å². The minimum Gasteiger partial charge on any atom is -0.497 e. The van der Waals surface area contributed by atoms with E-state index in [1.54, 1.807) is 14.2 Å². The third-order valence-corrected chi connectivity index (χ3v) is 7.77. The van der Waals surface area contributed by atoms with Gasteiger partial charge in [-0.15, -0.1) is 0 Å². The molecule has 0 saturated carbocycles. The fourth-order valence-electron chi connectivity index (χ4n) is 5.35. The second-order valence-electron chi connectivity index (χ2n) is 10.1. The van der Waals surface area contributed by atoms with Crippen LogP contribution < -0.4 is 14.2 Å². The van der Waals surface area contributed by atoms with Gasteiger partial charge in [-0.25, -0.2) is 0 Å². The number of halogens is 1. The number of nitrogens with zero attached hydrogens (tertiary/aromatic N) is 2. The molecule has 0 fully saturated rings. The van der Waals surface area contributed by atoms with Gasteiger partial charge < -0.3 is 19.1 Å². The highest BCUT2D eigenvalue weighted by Gasteiger charge is 2.42. The van der Waals surface area contributed by atoms with Gasteiger partial charge in [-0.3, -0.25) is 9.89 Å². The summed E-state index contributed by atoms with van der Waals surface area (Å²) in [4.78, 5) is 15.7.